The van der Waals surface area contributed by atoms with Crippen LogP contribution in [0.25, 0.3) is 17.0 Å². The summed E-state index contributed by atoms with van der Waals surface area (Å²) in [6.07, 6.45) is 2.24. The number of hydrogen-bond acceptors (Lipinski definition) is 3. The predicted octanol–water partition coefficient (Wildman–Crippen LogP) is 3.97. The van der Waals surface area contributed by atoms with Gasteiger partial charge in [-0.2, -0.15) is 0 Å². The fourth-order valence-corrected chi connectivity index (χ4v) is 2.13. The van der Waals surface area contributed by atoms with Gasteiger partial charge in [0.05, 0.1) is 0 Å². The summed E-state index contributed by atoms with van der Waals surface area (Å²) in [4.78, 5) is 24.0. The van der Waals surface area contributed by atoms with Crippen molar-refractivity contribution in [1.29, 1.82) is 0 Å². The first-order valence-electron chi connectivity index (χ1n) is 6.75. The first kappa shape index (κ1) is 14.8. The van der Waals surface area contributed by atoms with E-state index < -0.39 is 23.0 Å². The Balaban J connectivity index is 1.95. The molecule has 5 heteroatoms. The zero-order chi connectivity index (χ0) is 16.4. The quantitative estimate of drug-likeness (QED) is 0.418. The number of carbonyl (C=O) groups is 1. The molecule has 0 aliphatic heterocycles. The average molecular weight is 312 g/mol. The van der Waals surface area contributed by atoms with Gasteiger partial charge >= 0.3 is 5.63 Å². The minimum atomic E-state index is -0.792. The number of carbonyl (C=O) groups excluding carboxylic acids is 1. The Morgan fingerprint density at radius 1 is 1.04 bits per heavy atom. The van der Waals surface area contributed by atoms with E-state index in [0.717, 1.165) is 12.1 Å². The SMILES string of the molecule is O=C(/C=C/c1ccc(F)cc1F)c1cc2ccccc2oc1=O. The Bertz CT molecular complexity index is 987. The Kier molecular flexibility index (Phi) is 3.85. The summed E-state index contributed by atoms with van der Waals surface area (Å²) in [6.45, 7) is 0. The second-order valence-corrected chi connectivity index (χ2v) is 4.85. The number of para-hydroxylation sites is 1. The van der Waals surface area contributed by atoms with Gasteiger partial charge in [0.1, 0.15) is 22.8 Å². The van der Waals surface area contributed by atoms with Crippen LogP contribution in [0.5, 0.6) is 0 Å². The Labute approximate surface area is 129 Å². The molecule has 1 heterocycles. The minimum Gasteiger partial charge on any atom is -0.422 e. The lowest BCUT2D eigenvalue weighted by atomic mass is 10.1. The molecule has 2 aromatic carbocycles. The van der Waals surface area contributed by atoms with Crippen LogP contribution in [-0.4, -0.2) is 5.78 Å². The molecule has 0 atom stereocenters. The first-order valence-corrected chi connectivity index (χ1v) is 6.75. The smallest absolute Gasteiger partial charge is 0.347 e. The van der Waals surface area contributed by atoms with Gasteiger partial charge in [0.25, 0.3) is 0 Å². The normalized spacial score (nSPS) is 11.2. The molecular formula is C18H10F2O3. The van der Waals surface area contributed by atoms with Crippen LogP contribution < -0.4 is 5.63 Å². The lowest BCUT2D eigenvalue weighted by Gasteiger charge is -1.99. The van der Waals surface area contributed by atoms with Gasteiger partial charge in [0.2, 0.25) is 0 Å². The highest BCUT2D eigenvalue weighted by atomic mass is 19.1. The summed E-state index contributed by atoms with van der Waals surface area (Å²) in [5, 5.41) is 0.608. The molecule has 0 N–H and O–H groups in total. The number of allylic oxidation sites excluding steroid dienone is 1. The van der Waals surface area contributed by atoms with Crippen molar-refractivity contribution < 1.29 is 18.0 Å². The topological polar surface area (TPSA) is 47.3 Å². The van der Waals surface area contributed by atoms with Crippen molar-refractivity contribution in [3.05, 3.63) is 87.8 Å². The first-order chi connectivity index (χ1) is 11.0. The fourth-order valence-electron chi connectivity index (χ4n) is 2.13. The number of benzene rings is 2. The maximum atomic E-state index is 13.5. The number of rotatable bonds is 3. The molecule has 0 spiro atoms. The third-order valence-electron chi connectivity index (χ3n) is 3.28. The second-order valence-electron chi connectivity index (χ2n) is 4.85. The van der Waals surface area contributed by atoms with Crippen LogP contribution in [0.3, 0.4) is 0 Å². The van der Waals surface area contributed by atoms with Gasteiger partial charge in [-0.3, -0.25) is 4.79 Å². The van der Waals surface area contributed by atoms with E-state index in [1.165, 1.54) is 18.2 Å². The van der Waals surface area contributed by atoms with E-state index in [2.05, 4.69) is 0 Å². The number of fused-ring (bicyclic) bond motifs is 1. The summed E-state index contributed by atoms with van der Waals surface area (Å²) >= 11 is 0. The van der Waals surface area contributed by atoms with Crippen molar-refractivity contribution >= 4 is 22.8 Å². The van der Waals surface area contributed by atoms with Gasteiger partial charge in [-0.1, -0.05) is 18.2 Å². The van der Waals surface area contributed by atoms with Crippen molar-refractivity contribution in [3.63, 3.8) is 0 Å². The van der Waals surface area contributed by atoms with Crippen LogP contribution in [-0.2, 0) is 0 Å². The Morgan fingerprint density at radius 2 is 1.83 bits per heavy atom. The molecule has 1 aromatic heterocycles. The minimum absolute atomic E-state index is 0.0462. The van der Waals surface area contributed by atoms with Gasteiger partial charge in [-0.05, 0) is 36.4 Å². The van der Waals surface area contributed by atoms with Crippen LogP contribution >= 0.6 is 0 Å². The van der Waals surface area contributed by atoms with Gasteiger partial charge < -0.3 is 4.42 Å². The molecule has 0 aliphatic rings. The monoisotopic (exact) mass is 312 g/mol. The average Bonchev–Trinajstić information content (AvgIpc) is 2.53. The van der Waals surface area contributed by atoms with Crippen molar-refractivity contribution in [2.75, 3.05) is 0 Å². The highest BCUT2D eigenvalue weighted by Crippen LogP contribution is 2.14. The Morgan fingerprint density at radius 3 is 2.61 bits per heavy atom. The molecule has 0 saturated heterocycles. The molecule has 0 aliphatic carbocycles. The standard InChI is InChI=1S/C18H10F2O3/c19-13-7-5-11(15(20)10-13)6-8-16(21)14-9-12-3-1-2-4-17(12)23-18(14)22/h1-10H/b8-6+. The van der Waals surface area contributed by atoms with Crippen LogP contribution in [0, 0.1) is 11.6 Å². The van der Waals surface area contributed by atoms with E-state index in [1.54, 1.807) is 24.3 Å². The zero-order valence-corrected chi connectivity index (χ0v) is 11.8. The van der Waals surface area contributed by atoms with Gasteiger partial charge in [0, 0.05) is 17.0 Å². The number of halogens is 2. The molecule has 23 heavy (non-hydrogen) atoms. The van der Waals surface area contributed by atoms with E-state index in [-0.39, 0.29) is 11.1 Å². The molecule has 0 amide bonds. The number of ketones is 1. The van der Waals surface area contributed by atoms with Crippen LogP contribution in [0.15, 0.2) is 63.8 Å². The molecule has 0 bridgehead atoms. The summed E-state index contributed by atoms with van der Waals surface area (Å²) in [5.41, 5.74) is -0.493. The summed E-state index contributed by atoms with van der Waals surface area (Å²) in [5.74, 6) is -2.12. The lowest BCUT2D eigenvalue weighted by molar-refractivity contribution is 0.104. The zero-order valence-electron chi connectivity index (χ0n) is 11.8. The molecular weight excluding hydrogens is 302 g/mol. The van der Waals surface area contributed by atoms with E-state index >= 15 is 0 Å². The lowest BCUT2D eigenvalue weighted by Crippen LogP contribution is -2.11. The maximum Gasteiger partial charge on any atom is 0.347 e. The third-order valence-corrected chi connectivity index (χ3v) is 3.28. The molecule has 0 unspecified atom stereocenters. The third kappa shape index (κ3) is 3.08. The van der Waals surface area contributed by atoms with Crippen LogP contribution in [0.1, 0.15) is 15.9 Å². The largest absolute Gasteiger partial charge is 0.422 e. The van der Waals surface area contributed by atoms with Crippen molar-refractivity contribution in [2.24, 2.45) is 0 Å². The van der Waals surface area contributed by atoms with Crippen molar-refractivity contribution in [1.82, 2.24) is 0 Å². The highest BCUT2D eigenvalue weighted by Gasteiger charge is 2.11. The maximum absolute atomic E-state index is 13.5. The van der Waals surface area contributed by atoms with Gasteiger partial charge in [0.15, 0.2) is 5.78 Å². The summed E-state index contributed by atoms with van der Waals surface area (Å²) in [7, 11) is 0. The van der Waals surface area contributed by atoms with Crippen molar-refractivity contribution in [2.45, 2.75) is 0 Å². The van der Waals surface area contributed by atoms with Crippen LogP contribution in [0.2, 0.25) is 0 Å². The Hall–Kier alpha value is -3.08. The molecule has 0 fully saturated rings. The fraction of sp³-hybridized carbons (Fsp3) is 0. The van der Waals surface area contributed by atoms with E-state index in [1.807, 2.05) is 0 Å². The second kappa shape index (κ2) is 5.96. The predicted molar refractivity (Wildman–Crippen MR) is 82.2 cm³/mol. The number of hydrogen-bond donors (Lipinski definition) is 0. The molecule has 3 nitrogen and oxygen atoms in total. The molecule has 3 rings (SSSR count). The summed E-state index contributed by atoms with van der Waals surface area (Å²) in [6, 6.07) is 11.2. The van der Waals surface area contributed by atoms with Crippen molar-refractivity contribution in [3.8, 4) is 0 Å². The van der Waals surface area contributed by atoms with E-state index in [0.29, 0.717) is 17.0 Å². The van der Waals surface area contributed by atoms with E-state index in [4.69, 9.17) is 4.42 Å². The van der Waals surface area contributed by atoms with E-state index in [9.17, 15) is 18.4 Å². The molecule has 114 valence electrons. The highest BCUT2D eigenvalue weighted by molar-refractivity contribution is 6.07. The molecule has 3 aromatic rings. The summed E-state index contributed by atoms with van der Waals surface area (Å²) < 4.78 is 31.4. The molecule has 0 radical (unpaired) electrons. The van der Waals surface area contributed by atoms with Gasteiger partial charge in [-0.15, -0.1) is 0 Å². The van der Waals surface area contributed by atoms with Crippen LogP contribution in [0.4, 0.5) is 8.78 Å². The van der Waals surface area contributed by atoms with Gasteiger partial charge in [-0.25, -0.2) is 13.6 Å². The molecule has 0 saturated carbocycles.